The lowest BCUT2D eigenvalue weighted by Crippen LogP contribution is -2.41. The largest absolute Gasteiger partial charge is 0.481 e. The van der Waals surface area contributed by atoms with E-state index in [2.05, 4.69) is 5.32 Å². The van der Waals surface area contributed by atoms with E-state index in [0.717, 1.165) is 0 Å². The van der Waals surface area contributed by atoms with Crippen molar-refractivity contribution >= 4 is 12.0 Å². The molecule has 0 aliphatic carbocycles. The predicted molar refractivity (Wildman–Crippen MR) is 92.7 cm³/mol. The van der Waals surface area contributed by atoms with E-state index in [1.54, 1.807) is 18.2 Å². The van der Waals surface area contributed by atoms with Crippen LogP contribution in [0.15, 0.2) is 48.5 Å². The van der Waals surface area contributed by atoms with Crippen molar-refractivity contribution < 1.29 is 23.5 Å². The van der Waals surface area contributed by atoms with Crippen molar-refractivity contribution in [2.24, 2.45) is 0 Å². The third-order valence-electron chi connectivity index (χ3n) is 3.89. The third kappa shape index (κ3) is 5.84. The zero-order chi connectivity index (χ0) is 19.1. The molecule has 0 aromatic heterocycles. The topological polar surface area (TPSA) is 69.6 Å². The monoisotopic (exact) mass is 362 g/mol. The van der Waals surface area contributed by atoms with E-state index in [1.807, 2.05) is 0 Å². The number of carbonyl (C=O) groups is 2. The molecule has 2 aromatic rings. The molecule has 0 heterocycles. The van der Waals surface area contributed by atoms with Crippen LogP contribution >= 0.6 is 0 Å². The summed E-state index contributed by atoms with van der Waals surface area (Å²) in [5.41, 5.74) is 1.18. The highest BCUT2D eigenvalue weighted by Gasteiger charge is 2.19. The number of benzene rings is 2. The number of amides is 2. The van der Waals surface area contributed by atoms with Crippen molar-refractivity contribution in [2.45, 2.75) is 18.9 Å². The minimum atomic E-state index is -1.01. The molecule has 0 spiro atoms. The van der Waals surface area contributed by atoms with Gasteiger partial charge in [-0.2, -0.15) is 0 Å². The summed E-state index contributed by atoms with van der Waals surface area (Å²) in [5, 5.41) is 11.5. The van der Waals surface area contributed by atoms with Crippen LogP contribution in [0, 0.1) is 11.6 Å². The van der Waals surface area contributed by atoms with Gasteiger partial charge in [-0.15, -0.1) is 0 Å². The summed E-state index contributed by atoms with van der Waals surface area (Å²) in [7, 11) is 1.48. The molecule has 2 N–H and O–H groups in total. The minimum Gasteiger partial charge on any atom is -0.481 e. The van der Waals surface area contributed by atoms with E-state index >= 15 is 0 Å². The molecule has 1 unspecified atom stereocenters. The number of nitrogens with one attached hydrogen (secondary N) is 1. The first-order valence-electron chi connectivity index (χ1n) is 8.08. The summed E-state index contributed by atoms with van der Waals surface area (Å²) in [5.74, 6) is -1.85. The number of halogens is 2. The van der Waals surface area contributed by atoms with Gasteiger partial charge in [0.15, 0.2) is 0 Å². The fraction of sp³-hybridized carbons (Fsp3) is 0.263. The van der Waals surface area contributed by atoms with Gasteiger partial charge in [-0.1, -0.05) is 24.3 Å². The SMILES string of the molecule is CN(CCC(=O)O)C(=O)NC(Cc1cccc(F)c1)c1cccc(F)c1. The van der Waals surface area contributed by atoms with E-state index in [1.165, 1.54) is 42.3 Å². The standard InChI is InChI=1S/C19H20F2N2O3/c1-23(9-8-18(24)25)19(26)22-17(14-5-3-7-16(21)12-14)11-13-4-2-6-15(20)10-13/h2-7,10,12,17H,8-9,11H2,1H3,(H,22,26)(H,24,25). The minimum absolute atomic E-state index is 0.0387. The highest BCUT2D eigenvalue weighted by Crippen LogP contribution is 2.20. The molecule has 0 fully saturated rings. The Bertz CT molecular complexity index is 783. The summed E-state index contributed by atoms with van der Waals surface area (Å²) >= 11 is 0. The summed E-state index contributed by atoms with van der Waals surface area (Å²) in [4.78, 5) is 24.2. The van der Waals surface area contributed by atoms with Crippen LogP contribution in [0.4, 0.5) is 13.6 Å². The Morgan fingerprint density at radius 3 is 2.38 bits per heavy atom. The van der Waals surface area contributed by atoms with Crippen molar-refractivity contribution in [2.75, 3.05) is 13.6 Å². The van der Waals surface area contributed by atoms with Gasteiger partial charge in [0.1, 0.15) is 11.6 Å². The number of carbonyl (C=O) groups excluding carboxylic acids is 1. The number of hydrogen-bond acceptors (Lipinski definition) is 2. The number of urea groups is 1. The van der Waals surface area contributed by atoms with Crippen LogP contribution < -0.4 is 5.32 Å². The maximum atomic E-state index is 13.6. The quantitative estimate of drug-likeness (QED) is 0.793. The predicted octanol–water partition coefficient (Wildman–Crippen LogP) is 3.36. The zero-order valence-corrected chi connectivity index (χ0v) is 14.3. The van der Waals surface area contributed by atoms with Crippen molar-refractivity contribution in [3.05, 3.63) is 71.3 Å². The molecular weight excluding hydrogens is 342 g/mol. The van der Waals surface area contributed by atoms with Crippen molar-refractivity contribution in [1.29, 1.82) is 0 Å². The van der Waals surface area contributed by atoms with Gasteiger partial charge in [0.05, 0.1) is 12.5 Å². The lowest BCUT2D eigenvalue weighted by atomic mass is 9.98. The average Bonchev–Trinajstić information content (AvgIpc) is 2.59. The number of hydrogen-bond donors (Lipinski definition) is 2. The number of carboxylic acids is 1. The molecule has 2 aromatic carbocycles. The second-order valence-electron chi connectivity index (χ2n) is 5.96. The van der Waals surface area contributed by atoms with Gasteiger partial charge in [-0.05, 0) is 41.8 Å². The van der Waals surface area contributed by atoms with E-state index in [9.17, 15) is 18.4 Å². The Morgan fingerprint density at radius 2 is 1.77 bits per heavy atom. The lowest BCUT2D eigenvalue weighted by molar-refractivity contribution is -0.137. The zero-order valence-electron chi connectivity index (χ0n) is 14.3. The Labute approximate surface area is 150 Å². The second-order valence-corrected chi connectivity index (χ2v) is 5.96. The van der Waals surface area contributed by atoms with Crippen LogP contribution in [0.5, 0.6) is 0 Å². The smallest absolute Gasteiger partial charge is 0.317 e. The van der Waals surface area contributed by atoms with Crippen LogP contribution in [0.1, 0.15) is 23.6 Å². The van der Waals surface area contributed by atoms with Crippen LogP contribution in [-0.2, 0) is 11.2 Å². The van der Waals surface area contributed by atoms with Gasteiger partial charge in [-0.25, -0.2) is 13.6 Å². The van der Waals surface area contributed by atoms with Crippen LogP contribution in [0.3, 0.4) is 0 Å². The fourth-order valence-corrected chi connectivity index (χ4v) is 2.50. The maximum absolute atomic E-state index is 13.6. The molecule has 0 bridgehead atoms. The Hall–Kier alpha value is -2.96. The summed E-state index contributed by atoms with van der Waals surface area (Å²) < 4.78 is 27.0. The summed E-state index contributed by atoms with van der Waals surface area (Å²) in [6.45, 7) is 0.0387. The molecule has 7 heteroatoms. The molecule has 0 saturated heterocycles. The highest BCUT2D eigenvalue weighted by atomic mass is 19.1. The molecule has 138 valence electrons. The Kier molecular flexibility index (Phi) is 6.66. The van der Waals surface area contributed by atoms with Gasteiger partial charge < -0.3 is 15.3 Å². The van der Waals surface area contributed by atoms with Crippen molar-refractivity contribution in [3.63, 3.8) is 0 Å². The molecular formula is C19H20F2N2O3. The molecule has 1 atom stereocenters. The van der Waals surface area contributed by atoms with Gasteiger partial charge in [0.2, 0.25) is 0 Å². The average molecular weight is 362 g/mol. The van der Waals surface area contributed by atoms with Gasteiger partial charge in [0, 0.05) is 13.6 Å². The van der Waals surface area contributed by atoms with Gasteiger partial charge in [0.25, 0.3) is 0 Å². The molecule has 0 aliphatic rings. The number of rotatable bonds is 7. The third-order valence-corrected chi connectivity index (χ3v) is 3.89. The molecule has 2 rings (SSSR count). The maximum Gasteiger partial charge on any atom is 0.317 e. The fourth-order valence-electron chi connectivity index (χ4n) is 2.50. The molecule has 2 amide bonds. The summed E-state index contributed by atoms with van der Waals surface area (Å²) in [6, 6.07) is 10.7. The normalized spacial score (nSPS) is 11.7. The van der Waals surface area contributed by atoms with Crippen molar-refractivity contribution in [1.82, 2.24) is 10.2 Å². The second kappa shape index (κ2) is 8.94. The van der Waals surface area contributed by atoms with Crippen molar-refractivity contribution in [3.8, 4) is 0 Å². The molecule has 5 nitrogen and oxygen atoms in total. The van der Waals surface area contributed by atoms with Crippen LogP contribution in [0.25, 0.3) is 0 Å². The van der Waals surface area contributed by atoms with Gasteiger partial charge in [-0.3, -0.25) is 4.79 Å². The van der Waals surface area contributed by atoms with Gasteiger partial charge >= 0.3 is 12.0 Å². The first-order valence-corrected chi connectivity index (χ1v) is 8.08. The van der Waals surface area contributed by atoms with Crippen LogP contribution in [-0.4, -0.2) is 35.6 Å². The van der Waals surface area contributed by atoms with E-state index in [-0.39, 0.29) is 19.4 Å². The molecule has 0 aliphatic heterocycles. The Morgan fingerprint density at radius 1 is 1.12 bits per heavy atom. The first-order chi connectivity index (χ1) is 12.3. The first kappa shape index (κ1) is 19.4. The van der Waals surface area contributed by atoms with E-state index in [0.29, 0.717) is 11.1 Å². The number of nitrogens with zero attached hydrogens (tertiary/aromatic N) is 1. The molecule has 0 radical (unpaired) electrons. The lowest BCUT2D eigenvalue weighted by Gasteiger charge is -2.24. The Balaban J connectivity index is 2.17. The van der Waals surface area contributed by atoms with E-state index in [4.69, 9.17) is 5.11 Å². The summed E-state index contributed by atoms with van der Waals surface area (Å²) in [6.07, 6.45) is 0.0815. The highest BCUT2D eigenvalue weighted by molar-refractivity contribution is 5.75. The molecule has 26 heavy (non-hydrogen) atoms. The molecule has 0 saturated carbocycles. The van der Waals surface area contributed by atoms with Crippen LogP contribution in [0.2, 0.25) is 0 Å². The van der Waals surface area contributed by atoms with E-state index < -0.39 is 29.7 Å². The number of carboxylic acid groups (broad SMARTS) is 1. The number of aliphatic carboxylic acids is 1.